The van der Waals surface area contributed by atoms with Crippen LogP contribution in [0.5, 0.6) is 0 Å². The number of aldehydes is 1. The van der Waals surface area contributed by atoms with E-state index in [1.807, 2.05) is 25.1 Å². The number of rotatable bonds is 3. The molecular formula is C14H12N4O. The van der Waals surface area contributed by atoms with E-state index in [0.29, 0.717) is 17.0 Å². The van der Waals surface area contributed by atoms with Crippen LogP contribution in [0.15, 0.2) is 30.6 Å². The van der Waals surface area contributed by atoms with Gasteiger partial charge in [0.2, 0.25) is 0 Å². The molecule has 94 valence electrons. The van der Waals surface area contributed by atoms with Gasteiger partial charge >= 0.3 is 0 Å². The van der Waals surface area contributed by atoms with Gasteiger partial charge in [-0.2, -0.15) is 0 Å². The van der Waals surface area contributed by atoms with Crippen molar-refractivity contribution in [2.75, 3.05) is 0 Å². The molecule has 3 aromatic heterocycles. The smallest absolute Gasteiger partial charge is 0.180 e. The molecule has 3 heterocycles. The Morgan fingerprint density at radius 2 is 2.21 bits per heavy atom. The van der Waals surface area contributed by atoms with Crippen LogP contribution in [-0.2, 0) is 6.42 Å². The maximum atomic E-state index is 11.0. The maximum absolute atomic E-state index is 11.0. The third-order valence-corrected chi connectivity index (χ3v) is 2.99. The molecule has 0 spiro atoms. The van der Waals surface area contributed by atoms with Gasteiger partial charge in [0.25, 0.3) is 0 Å². The van der Waals surface area contributed by atoms with Gasteiger partial charge in [-0.3, -0.25) is 9.78 Å². The Hall–Kier alpha value is -2.56. The van der Waals surface area contributed by atoms with E-state index in [-0.39, 0.29) is 0 Å². The van der Waals surface area contributed by atoms with E-state index in [2.05, 4.69) is 19.9 Å². The monoisotopic (exact) mass is 252 g/mol. The van der Waals surface area contributed by atoms with Gasteiger partial charge in [0.1, 0.15) is 11.3 Å². The molecule has 0 radical (unpaired) electrons. The molecule has 3 aromatic rings. The molecule has 0 aliphatic rings. The van der Waals surface area contributed by atoms with Crippen LogP contribution in [0.4, 0.5) is 0 Å². The highest BCUT2D eigenvalue weighted by molar-refractivity contribution is 5.97. The number of aromatic nitrogens is 4. The number of nitrogens with one attached hydrogen (secondary N) is 1. The highest BCUT2D eigenvalue weighted by atomic mass is 16.1. The molecular weight excluding hydrogens is 240 g/mol. The Morgan fingerprint density at radius 3 is 2.89 bits per heavy atom. The second-order valence-electron chi connectivity index (χ2n) is 4.15. The van der Waals surface area contributed by atoms with Crippen LogP contribution in [-0.4, -0.2) is 26.2 Å². The fourth-order valence-corrected chi connectivity index (χ4v) is 2.09. The highest BCUT2D eigenvalue weighted by Gasteiger charge is 2.13. The quantitative estimate of drug-likeness (QED) is 0.726. The fourth-order valence-electron chi connectivity index (χ4n) is 2.09. The number of H-pyrrole nitrogens is 1. The first-order valence-electron chi connectivity index (χ1n) is 6.08. The van der Waals surface area contributed by atoms with Crippen molar-refractivity contribution in [2.24, 2.45) is 0 Å². The predicted molar refractivity (Wildman–Crippen MR) is 71.9 cm³/mol. The van der Waals surface area contributed by atoms with Crippen LogP contribution < -0.4 is 0 Å². The number of hydrogen-bond acceptors (Lipinski definition) is 4. The molecule has 0 amide bonds. The fraction of sp³-hybridized carbons (Fsp3) is 0.143. The van der Waals surface area contributed by atoms with E-state index in [1.54, 1.807) is 12.4 Å². The zero-order valence-corrected chi connectivity index (χ0v) is 10.4. The van der Waals surface area contributed by atoms with E-state index in [9.17, 15) is 4.79 Å². The predicted octanol–water partition coefficient (Wildman–Crippen LogP) is 2.39. The topological polar surface area (TPSA) is 71.5 Å². The van der Waals surface area contributed by atoms with Gasteiger partial charge in [-0.15, -0.1) is 0 Å². The molecule has 0 saturated heterocycles. The van der Waals surface area contributed by atoms with Crippen molar-refractivity contribution in [1.82, 2.24) is 19.9 Å². The minimum absolute atomic E-state index is 0.573. The zero-order valence-electron chi connectivity index (χ0n) is 10.4. The SMILES string of the molecule is CCc1nc(-c2ccccn2)nc2[nH]cc(C=O)c12. The Morgan fingerprint density at radius 1 is 1.32 bits per heavy atom. The third kappa shape index (κ3) is 1.89. The molecule has 5 nitrogen and oxygen atoms in total. The molecule has 0 saturated carbocycles. The number of carbonyl (C=O) groups excluding carboxylic acids is 1. The first-order chi connectivity index (χ1) is 9.33. The molecule has 0 atom stereocenters. The average Bonchev–Trinajstić information content (AvgIpc) is 2.90. The van der Waals surface area contributed by atoms with Crippen molar-refractivity contribution >= 4 is 17.3 Å². The Balaban J connectivity index is 2.27. The molecule has 1 N–H and O–H groups in total. The van der Waals surface area contributed by atoms with Crippen LogP contribution in [0.25, 0.3) is 22.6 Å². The molecule has 5 heteroatoms. The minimum Gasteiger partial charge on any atom is -0.345 e. The molecule has 0 unspecified atom stereocenters. The van der Waals surface area contributed by atoms with E-state index in [4.69, 9.17) is 0 Å². The second-order valence-corrected chi connectivity index (χ2v) is 4.15. The number of carbonyl (C=O) groups is 1. The molecule has 19 heavy (non-hydrogen) atoms. The summed E-state index contributed by atoms with van der Waals surface area (Å²) in [7, 11) is 0. The summed E-state index contributed by atoms with van der Waals surface area (Å²) < 4.78 is 0. The van der Waals surface area contributed by atoms with E-state index >= 15 is 0 Å². The number of nitrogens with zero attached hydrogens (tertiary/aromatic N) is 3. The van der Waals surface area contributed by atoms with Gasteiger partial charge < -0.3 is 4.98 Å². The van der Waals surface area contributed by atoms with E-state index < -0.39 is 0 Å². The average molecular weight is 252 g/mol. The highest BCUT2D eigenvalue weighted by Crippen LogP contribution is 2.22. The van der Waals surface area contributed by atoms with Gasteiger partial charge in [0.05, 0.1) is 11.1 Å². The van der Waals surface area contributed by atoms with Gasteiger partial charge in [-0.1, -0.05) is 13.0 Å². The van der Waals surface area contributed by atoms with Crippen molar-refractivity contribution in [1.29, 1.82) is 0 Å². The lowest BCUT2D eigenvalue weighted by molar-refractivity contribution is 0.112. The number of aromatic amines is 1. The van der Waals surface area contributed by atoms with Gasteiger partial charge in [0.15, 0.2) is 12.1 Å². The van der Waals surface area contributed by atoms with E-state index in [0.717, 1.165) is 29.5 Å². The first kappa shape index (κ1) is 11.5. The summed E-state index contributed by atoms with van der Waals surface area (Å²) in [5, 5.41) is 0.803. The summed E-state index contributed by atoms with van der Waals surface area (Å²) in [4.78, 5) is 27.2. The van der Waals surface area contributed by atoms with Crippen LogP contribution >= 0.6 is 0 Å². The van der Waals surface area contributed by atoms with Crippen molar-refractivity contribution in [3.05, 3.63) is 41.9 Å². The van der Waals surface area contributed by atoms with Crippen LogP contribution in [0.2, 0.25) is 0 Å². The second kappa shape index (κ2) is 4.61. The summed E-state index contributed by atoms with van der Waals surface area (Å²) >= 11 is 0. The molecule has 0 aliphatic heterocycles. The lowest BCUT2D eigenvalue weighted by Gasteiger charge is -2.04. The normalized spacial score (nSPS) is 10.8. The van der Waals surface area contributed by atoms with Crippen LogP contribution in [0.3, 0.4) is 0 Å². The Kier molecular flexibility index (Phi) is 2.79. The molecule has 0 aromatic carbocycles. The number of aryl methyl sites for hydroxylation is 1. The van der Waals surface area contributed by atoms with Crippen molar-refractivity contribution in [3.63, 3.8) is 0 Å². The maximum Gasteiger partial charge on any atom is 0.180 e. The van der Waals surface area contributed by atoms with E-state index in [1.165, 1.54) is 0 Å². The Bertz CT molecular complexity index is 734. The Labute approximate surface area is 109 Å². The minimum atomic E-state index is 0.573. The summed E-state index contributed by atoms with van der Waals surface area (Å²) in [5.41, 5.74) is 2.85. The number of fused-ring (bicyclic) bond motifs is 1. The first-order valence-corrected chi connectivity index (χ1v) is 6.08. The van der Waals surface area contributed by atoms with Crippen LogP contribution in [0, 0.1) is 0 Å². The van der Waals surface area contributed by atoms with Crippen molar-refractivity contribution < 1.29 is 4.79 Å². The number of pyridine rings is 1. The van der Waals surface area contributed by atoms with Gasteiger partial charge in [-0.25, -0.2) is 9.97 Å². The van der Waals surface area contributed by atoms with Crippen molar-refractivity contribution in [2.45, 2.75) is 13.3 Å². The molecule has 0 aliphatic carbocycles. The molecule has 0 fully saturated rings. The zero-order chi connectivity index (χ0) is 13.2. The largest absolute Gasteiger partial charge is 0.345 e. The summed E-state index contributed by atoms with van der Waals surface area (Å²) in [6.45, 7) is 2.01. The van der Waals surface area contributed by atoms with Crippen molar-refractivity contribution in [3.8, 4) is 11.5 Å². The van der Waals surface area contributed by atoms with Gasteiger partial charge in [-0.05, 0) is 18.6 Å². The summed E-state index contributed by atoms with van der Waals surface area (Å²) in [5.74, 6) is 0.573. The van der Waals surface area contributed by atoms with Crippen LogP contribution in [0.1, 0.15) is 23.0 Å². The summed E-state index contributed by atoms with van der Waals surface area (Å²) in [6.07, 6.45) is 4.92. The standard InChI is InChI=1S/C14H12N4O/c1-2-10-12-9(8-19)7-16-14(12)18-13(17-10)11-5-3-4-6-15-11/h3-8H,2H2,1H3,(H,16,17,18). The molecule has 0 bridgehead atoms. The lowest BCUT2D eigenvalue weighted by atomic mass is 10.1. The lowest BCUT2D eigenvalue weighted by Crippen LogP contribution is -1.98. The van der Waals surface area contributed by atoms with Gasteiger partial charge in [0, 0.05) is 18.0 Å². The summed E-state index contributed by atoms with van der Waals surface area (Å²) in [6, 6.07) is 5.61. The number of hydrogen-bond donors (Lipinski definition) is 1. The molecule has 3 rings (SSSR count). The third-order valence-electron chi connectivity index (χ3n) is 2.99.